The van der Waals surface area contributed by atoms with Gasteiger partial charge in [0.05, 0.1) is 16.7 Å². The van der Waals surface area contributed by atoms with Crippen LogP contribution < -0.4 is 27.4 Å². The zero-order valence-corrected chi connectivity index (χ0v) is 19.8. The van der Waals surface area contributed by atoms with Crippen LogP contribution in [0.4, 0.5) is 5.69 Å². The second kappa shape index (κ2) is 9.73. The summed E-state index contributed by atoms with van der Waals surface area (Å²) in [6, 6.07) is 12.2. The first-order valence-corrected chi connectivity index (χ1v) is 13.2. The molecular weight excluding hydrogens is 452 g/mol. The van der Waals surface area contributed by atoms with E-state index in [2.05, 4.69) is 5.32 Å². The number of nitrogens with zero attached hydrogens (tertiary/aromatic N) is 1. The maximum atomic E-state index is 13.4. The van der Waals surface area contributed by atoms with Gasteiger partial charge in [0, 0.05) is 29.9 Å². The van der Waals surface area contributed by atoms with Gasteiger partial charge in [-0.15, -0.1) is 0 Å². The highest BCUT2D eigenvalue weighted by atomic mass is 32.2. The van der Waals surface area contributed by atoms with E-state index in [4.69, 9.17) is 22.6 Å². The summed E-state index contributed by atoms with van der Waals surface area (Å²) in [6.45, 7) is 0.0763. The molecule has 8 N–H and O–H groups in total. The summed E-state index contributed by atoms with van der Waals surface area (Å²) in [4.78, 5) is 15.4. The Hall–Kier alpha value is -2.95. The normalized spacial score (nSPS) is 24.5. The zero-order valence-electron chi connectivity index (χ0n) is 19.0. The molecule has 9 nitrogen and oxygen atoms in total. The number of rotatable bonds is 7. The minimum absolute atomic E-state index is 0.0193. The minimum atomic E-state index is -3.57. The third-order valence-electron chi connectivity index (χ3n) is 6.78. The molecule has 2 aromatic carbocycles. The van der Waals surface area contributed by atoms with Gasteiger partial charge in [-0.2, -0.15) is 0 Å². The van der Waals surface area contributed by atoms with Crippen molar-refractivity contribution in [1.29, 1.82) is 5.41 Å². The van der Waals surface area contributed by atoms with Crippen molar-refractivity contribution in [1.82, 2.24) is 5.32 Å². The minimum Gasteiger partial charge on any atom is -0.384 e. The summed E-state index contributed by atoms with van der Waals surface area (Å²) < 4.78 is 25.9. The molecule has 2 aromatic rings. The summed E-state index contributed by atoms with van der Waals surface area (Å²) in [6.07, 6.45) is 3.31. The van der Waals surface area contributed by atoms with Crippen molar-refractivity contribution in [2.24, 2.45) is 17.2 Å². The molecule has 4 rings (SSSR count). The molecule has 1 saturated carbocycles. The molecule has 0 radical (unpaired) electrons. The van der Waals surface area contributed by atoms with E-state index in [1.54, 1.807) is 53.4 Å². The first-order valence-electron chi connectivity index (χ1n) is 11.5. The molecule has 2 atom stereocenters. The summed E-state index contributed by atoms with van der Waals surface area (Å²) in [5, 5.41) is 10.9. The van der Waals surface area contributed by atoms with Crippen molar-refractivity contribution < 1.29 is 13.2 Å². The van der Waals surface area contributed by atoms with E-state index in [9.17, 15) is 13.2 Å². The number of fused-ring (bicyclic) bond motifs is 1. The van der Waals surface area contributed by atoms with Crippen LogP contribution in [0.1, 0.15) is 42.9 Å². The lowest BCUT2D eigenvalue weighted by atomic mass is 9.91. The van der Waals surface area contributed by atoms with Gasteiger partial charge in [0.1, 0.15) is 11.9 Å². The lowest BCUT2D eigenvalue weighted by Gasteiger charge is -2.32. The maximum Gasteiger partial charge on any atom is 0.244 e. The second-order valence-electron chi connectivity index (χ2n) is 9.10. The smallest absolute Gasteiger partial charge is 0.244 e. The van der Waals surface area contributed by atoms with Crippen LogP contribution in [-0.2, 0) is 14.6 Å². The Labute approximate surface area is 200 Å². The van der Waals surface area contributed by atoms with E-state index < -0.39 is 21.9 Å². The van der Waals surface area contributed by atoms with Crippen LogP contribution >= 0.6 is 0 Å². The largest absolute Gasteiger partial charge is 0.384 e. The third kappa shape index (κ3) is 4.94. The Morgan fingerprint density at radius 1 is 1.06 bits per heavy atom. The number of benzene rings is 2. The summed E-state index contributed by atoms with van der Waals surface area (Å²) in [5.74, 6) is -0.527. The van der Waals surface area contributed by atoms with E-state index in [1.165, 1.54) is 0 Å². The Morgan fingerprint density at radius 3 is 2.38 bits per heavy atom. The van der Waals surface area contributed by atoms with E-state index in [0.29, 0.717) is 11.3 Å². The molecule has 1 aliphatic heterocycles. The Kier molecular flexibility index (Phi) is 6.92. The van der Waals surface area contributed by atoms with Gasteiger partial charge in [0.2, 0.25) is 5.91 Å². The van der Waals surface area contributed by atoms with Gasteiger partial charge in [-0.25, -0.2) is 8.42 Å². The fourth-order valence-electron chi connectivity index (χ4n) is 4.83. The second-order valence-corrected chi connectivity index (χ2v) is 11.2. The molecule has 2 unspecified atom stereocenters. The lowest BCUT2D eigenvalue weighted by molar-refractivity contribution is -0.123. The molecule has 1 heterocycles. The van der Waals surface area contributed by atoms with Gasteiger partial charge in [-0.1, -0.05) is 30.3 Å². The quantitative estimate of drug-likeness (QED) is 0.289. The molecule has 2 aliphatic rings. The average molecular weight is 485 g/mol. The number of nitrogens with two attached hydrogens (primary N) is 3. The van der Waals surface area contributed by atoms with Crippen molar-refractivity contribution in [3.05, 3.63) is 59.7 Å². The van der Waals surface area contributed by atoms with Crippen LogP contribution in [0.5, 0.6) is 0 Å². The summed E-state index contributed by atoms with van der Waals surface area (Å²) in [7, 11) is -3.57. The number of amidine groups is 1. The van der Waals surface area contributed by atoms with Gasteiger partial charge in [-0.3, -0.25) is 10.2 Å². The highest BCUT2D eigenvalue weighted by Crippen LogP contribution is 2.39. The first-order chi connectivity index (χ1) is 16.2. The fraction of sp³-hybridized carbons (Fsp3) is 0.417. The van der Waals surface area contributed by atoms with E-state index in [-0.39, 0.29) is 41.0 Å². The van der Waals surface area contributed by atoms with Crippen LogP contribution in [-0.4, -0.2) is 50.6 Å². The first kappa shape index (κ1) is 24.2. The molecule has 1 amide bonds. The molecule has 34 heavy (non-hydrogen) atoms. The Morgan fingerprint density at radius 2 is 1.74 bits per heavy atom. The van der Waals surface area contributed by atoms with E-state index >= 15 is 0 Å². The van der Waals surface area contributed by atoms with Gasteiger partial charge < -0.3 is 27.4 Å². The number of carbonyl (C=O) groups is 1. The van der Waals surface area contributed by atoms with Gasteiger partial charge >= 0.3 is 0 Å². The molecule has 1 aliphatic carbocycles. The van der Waals surface area contributed by atoms with Crippen molar-refractivity contribution in [2.45, 2.75) is 54.7 Å². The number of nitrogens with one attached hydrogen (secondary N) is 2. The van der Waals surface area contributed by atoms with Crippen molar-refractivity contribution in [3.63, 3.8) is 0 Å². The number of hydrogen-bond donors (Lipinski definition) is 5. The third-order valence-corrected chi connectivity index (χ3v) is 8.49. The van der Waals surface area contributed by atoms with Crippen molar-refractivity contribution >= 4 is 27.3 Å². The highest BCUT2D eigenvalue weighted by Gasteiger charge is 2.42. The van der Waals surface area contributed by atoms with Crippen LogP contribution in [0.25, 0.3) is 0 Å². The number of hydrogen-bond acceptors (Lipinski definition) is 7. The molecule has 182 valence electrons. The Balaban J connectivity index is 1.61. The van der Waals surface area contributed by atoms with E-state index in [0.717, 1.165) is 31.2 Å². The molecular formula is C24H32N6O3S. The number of amides is 1. The van der Waals surface area contributed by atoms with Gasteiger partial charge in [-0.05, 0) is 49.4 Å². The molecule has 0 saturated heterocycles. The molecule has 0 aromatic heterocycles. The van der Waals surface area contributed by atoms with Crippen LogP contribution in [0.2, 0.25) is 0 Å². The monoisotopic (exact) mass is 484 g/mol. The Bertz CT molecular complexity index is 1160. The van der Waals surface area contributed by atoms with Crippen LogP contribution in [0.15, 0.2) is 53.4 Å². The molecule has 0 spiro atoms. The van der Waals surface area contributed by atoms with Gasteiger partial charge in [0.15, 0.2) is 9.84 Å². The SMILES string of the molecule is N=C(N)c1ccc2c(c1)N(CCS(=O)(=O)c1ccccc1)C(C(=O)NC1CCC(N)CC1)C2N. The van der Waals surface area contributed by atoms with Crippen molar-refractivity contribution in [3.8, 4) is 0 Å². The van der Waals surface area contributed by atoms with Crippen LogP contribution in [0, 0.1) is 5.41 Å². The number of carbonyl (C=O) groups excluding carboxylic acids is 1. The van der Waals surface area contributed by atoms with Crippen molar-refractivity contribution in [2.75, 3.05) is 17.2 Å². The standard InChI is InChI=1S/C24H32N6O3S/c25-16-7-9-17(10-8-16)29-24(31)22-21(26)19-11-6-15(23(27)28)14-20(19)30(22)12-13-34(32,33)18-4-2-1-3-5-18/h1-6,11,14,16-17,21-22H,7-10,12-13,25-26H2,(H3,27,28)(H,29,31). The predicted molar refractivity (Wildman–Crippen MR) is 132 cm³/mol. The van der Waals surface area contributed by atoms with Crippen LogP contribution in [0.3, 0.4) is 0 Å². The average Bonchev–Trinajstić information content (AvgIpc) is 3.11. The van der Waals surface area contributed by atoms with E-state index in [1.807, 2.05) is 0 Å². The lowest BCUT2D eigenvalue weighted by Crippen LogP contribution is -2.53. The number of nitrogen functional groups attached to an aromatic ring is 1. The predicted octanol–water partition coefficient (Wildman–Crippen LogP) is 1.02. The van der Waals surface area contributed by atoms with Gasteiger partial charge in [0.25, 0.3) is 0 Å². The molecule has 10 heteroatoms. The molecule has 1 fully saturated rings. The topological polar surface area (TPSA) is 168 Å². The number of anilines is 1. The number of sulfone groups is 1. The highest BCUT2D eigenvalue weighted by molar-refractivity contribution is 7.91. The maximum absolute atomic E-state index is 13.4. The summed E-state index contributed by atoms with van der Waals surface area (Å²) >= 11 is 0. The molecule has 0 bridgehead atoms. The fourth-order valence-corrected chi connectivity index (χ4v) is 6.08. The zero-order chi connectivity index (χ0) is 24.5. The summed E-state index contributed by atoms with van der Waals surface area (Å²) in [5.41, 5.74) is 20.1.